The monoisotopic (exact) mass is 251 g/mol. The first kappa shape index (κ1) is 14.8. The van der Waals surface area contributed by atoms with E-state index in [2.05, 4.69) is 23.8 Å². The van der Waals surface area contributed by atoms with Crippen LogP contribution in [-0.4, -0.2) is 0 Å². The number of aryl methyl sites for hydroxylation is 1. The largest absolute Gasteiger partial charge is 0.143 e. The van der Waals surface area contributed by atoms with Crippen molar-refractivity contribution < 1.29 is 0 Å². The van der Waals surface area contributed by atoms with Crippen LogP contribution in [0.15, 0.2) is 11.4 Å². The van der Waals surface area contributed by atoms with E-state index in [1.165, 1.54) is 76.2 Å². The van der Waals surface area contributed by atoms with Crippen molar-refractivity contribution in [1.29, 1.82) is 0 Å². The molecule has 1 heteroatoms. The van der Waals surface area contributed by atoms with Crippen molar-refractivity contribution in [3.05, 3.63) is 22.4 Å². The molecule has 1 aromatic heterocycles. The number of thiophene rings is 1. The molecule has 97 valence electrons. The van der Waals surface area contributed by atoms with Crippen LogP contribution in [0.5, 0.6) is 0 Å². The van der Waals surface area contributed by atoms with Crippen molar-refractivity contribution in [2.45, 2.75) is 77.6 Å². The fraction of sp³-hybridized carbons (Fsp3) is 0.750. The summed E-state index contributed by atoms with van der Waals surface area (Å²) in [6.45, 7) is 2.28. The smallest absolute Gasteiger partial charge is 0.0445 e. The zero-order chi connectivity index (χ0) is 12.2. The highest BCUT2D eigenvalue weighted by molar-refractivity contribution is 7.07. The molecule has 0 aliphatic rings. The second-order valence-corrected chi connectivity index (χ2v) is 5.71. The predicted molar refractivity (Wildman–Crippen MR) is 78.7 cm³/mol. The van der Waals surface area contributed by atoms with Crippen LogP contribution in [-0.2, 0) is 6.42 Å². The summed E-state index contributed by atoms with van der Waals surface area (Å²) in [4.78, 5) is 0. The van der Waals surface area contributed by atoms with Gasteiger partial charge in [0.2, 0.25) is 0 Å². The van der Waals surface area contributed by atoms with Gasteiger partial charge in [-0.2, -0.15) is 0 Å². The van der Waals surface area contributed by atoms with E-state index in [-0.39, 0.29) is 0 Å². The molecule has 0 saturated carbocycles. The fourth-order valence-corrected chi connectivity index (χ4v) is 2.83. The molecule has 0 fully saturated rings. The summed E-state index contributed by atoms with van der Waals surface area (Å²) >= 11 is 1.70. The summed E-state index contributed by atoms with van der Waals surface area (Å²) in [7, 11) is 0. The summed E-state index contributed by atoms with van der Waals surface area (Å²) in [5.41, 5.74) is 1.48. The summed E-state index contributed by atoms with van der Waals surface area (Å²) in [5, 5.41) is 5.39. The number of unbranched alkanes of at least 4 members (excludes halogenated alkanes) is 9. The molecule has 0 amide bonds. The molecule has 0 nitrogen and oxygen atoms in total. The minimum Gasteiger partial charge on any atom is -0.143 e. The summed E-state index contributed by atoms with van der Waals surface area (Å²) in [6.07, 6.45) is 15.5. The van der Waals surface area contributed by atoms with Crippen molar-refractivity contribution in [3.8, 4) is 0 Å². The molecule has 0 aliphatic carbocycles. The molecule has 0 aromatic carbocycles. The molecule has 17 heavy (non-hydrogen) atoms. The van der Waals surface area contributed by atoms with E-state index in [0.717, 1.165) is 0 Å². The van der Waals surface area contributed by atoms with E-state index in [0.29, 0.717) is 0 Å². The van der Waals surface area contributed by atoms with Gasteiger partial charge in [0, 0.05) is 5.38 Å². The van der Waals surface area contributed by atoms with Crippen molar-refractivity contribution in [2.24, 2.45) is 0 Å². The Balaban J connectivity index is 1.76. The molecule has 0 atom stereocenters. The van der Waals surface area contributed by atoms with Gasteiger partial charge >= 0.3 is 0 Å². The van der Waals surface area contributed by atoms with Crippen LogP contribution in [0.3, 0.4) is 0 Å². The van der Waals surface area contributed by atoms with Crippen LogP contribution < -0.4 is 0 Å². The van der Waals surface area contributed by atoms with Gasteiger partial charge in [-0.15, -0.1) is 11.3 Å². The third-order valence-electron chi connectivity index (χ3n) is 3.34. The van der Waals surface area contributed by atoms with Gasteiger partial charge in [0.15, 0.2) is 0 Å². The third kappa shape index (κ3) is 8.43. The highest BCUT2D eigenvalue weighted by Crippen LogP contribution is 2.13. The quantitative estimate of drug-likeness (QED) is 0.422. The van der Waals surface area contributed by atoms with Gasteiger partial charge in [-0.25, -0.2) is 0 Å². The van der Waals surface area contributed by atoms with Crippen LogP contribution in [0.4, 0.5) is 0 Å². The first-order chi connectivity index (χ1) is 8.43. The van der Waals surface area contributed by atoms with E-state index in [1.807, 2.05) is 0 Å². The average molecular weight is 251 g/mol. The van der Waals surface area contributed by atoms with Crippen LogP contribution in [0.1, 0.15) is 76.7 Å². The average Bonchev–Trinajstić information content (AvgIpc) is 2.85. The van der Waals surface area contributed by atoms with Gasteiger partial charge < -0.3 is 0 Å². The lowest BCUT2D eigenvalue weighted by Gasteiger charge is -2.01. The maximum absolute atomic E-state index is 3.16. The Morgan fingerprint density at radius 1 is 0.882 bits per heavy atom. The standard InChI is InChI=1S/C16H27S/c1-2-3-4-5-6-7-8-9-10-11-12-16-13-14-17-15-16/h13,15H,2-12H2,1H3. The van der Waals surface area contributed by atoms with E-state index < -0.39 is 0 Å². The Labute approximate surface area is 111 Å². The predicted octanol–water partition coefficient (Wildman–Crippen LogP) is 6.01. The van der Waals surface area contributed by atoms with Gasteiger partial charge in [-0.05, 0) is 29.9 Å². The molecular formula is C16H27S. The summed E-state index contributed by atoms with van der Waals surface area (Å²) < 4.78 is 0. The van der Waals surface area contributed by atoms with Gasteiger partial charge in [0.05, 0.1) is 0 Å². The molecule has 1 radical (unpaired) electrons. The first-order valence-electron chi connectivity index (χ1n) is 7.37. The topological polar surface area (TPSA) is 0 Å². The van der Waals surface area contributed by atoms with Gasteiger partial charge in [-0.1, -0.05) is 64.7 Å². The van der Waals surface area contributed by atoms with Gasteiger partial charge in [-0.3, -0.25) is 0 Å². The molecule has 0 saturated heterocycles. The van der Waals surface area contributed by atoms with E-state index >= 15 is 0 Å². The molecular weight excluding hydrogens is 224 g/mol. The van der Waals surface area contributed by atoms with Gasteiger partial charge in [0.1, 0.15) is 0 Å². The van der Waals surface area contributed by atoms with Crippen molar-refractivity contribution in [3.63, 3.8) is 0 Å². The fourth-order valence-electron chi connectivity index (χ4n) is 2.20. The lowest BCUT2D eigenvalue weighted by Crippen LogP contribution is -1.84. The van der Waals surface area contributed by atoms with Crippen LogP contribution in [0.2, 0.25) is 0 Å². The van der Waals surface area contributed by atoms with E-state index in [9.17, 15) is 0 Å². The molecule has 1 heterocycles. The van der Waals surface area contributed by atoms with Crippen molar-refractivity contribution in [1.82, 2.24) is 0 Å². The first-order valence-corrected chi connectivity index (χ1v) is 8.25. The molecule has 0 spiro atoms. The Hall–Kier alpha value is -0.300. The minimum atomic E-state index is 1.26. The minimum absolute atomic E-state index is 1.26. The van der Waals surface area contributed by atoms with Crippen LogP contribution in [0.25, 0.3) is 0 Å². The Morgan fingerprint density at radius 3 is 2.00 bits per heavy atom. The summed E-state index contributed by atoms with van der Waals surface area (Å²) in [6, 6.07) is 2.14. The molecule has 0 unspecified atom stereocenters. The number of hydrogen-bond donors (Lipinski definition) is 0. The molecule has 1 aromatic rings. The zero-order valence-electron chi connectivity index (χ0n) is 11.3. The molecule has 0 aliphatic heterocycles. The highest BCUT2D eigenvalue weighted by atomic mass is 32.1. The second-order valence-electron chi connectivity index (χ2n) is 5.00. The number of rotatable bonds is 11. The highest BCUT2D eigenvalue weighted by Gasteiger charge is 1.95. The molecule has 0 bridgehead atoms. The van der Waals surface area contributed by atoms with Gasteiger partial charge in [0.25, 0.3) is 0 Å². The van der Waals surface area contributed by atoms with Crippen molar-refractivity contribution in [2.75, 3.05) is 0 Å². The number of hydrogen-bond acceptors (Lipinski definition) is 1. The molecule has 0 N–H and O–H groups in total. The SMILES string of the molecule is CCCCCCCCCCCCc1c[c]sc1. The Kier molecular flexibility index (Phi) is 9.40. The maximum Gasteiger partial charge on any atom is 0.0445 e. The lowest BCUT2D eigenvalue weighted by molar-refractivity contribution is 0.556. The molecule has 1 rings (SSSR count). The van der Waals surface area contributed by atoms with Crippen LogP contribution in [0, 0.1) is 5.38 Å². The lowest BCUT2D eigenvalue weighted by atomic mass is 10.0. The normalized spacial score (nSPS) is 10.9. The van der Waals surface area contributed by atoms with Crippen molar-refractivity contribution >= 4 is 11.3 Å². The van der Waals surface area contributed by atoms with E-state index in [1.54, 1.807) is 11.3 Å². The zero-order valence-corrected chi connectivity index (χ0v) is 12.2. The third-order valence-corrected chi connectivity index (χ3v) is 4.02. The summed E-state index contributed by atoms with van der Waals surface area (Å²) in [5.74, 6) is 0. The Bertz CT molecular complexity index is 238. The maximum atomic E-state index is 3.16. The van der Waals surface area contributed by atoms with E-state index in [4.69, 9.17) is 0 Å². The Morgan fingerprint density at radius 2 is 1.47 bits per heavy atom. The second kappa shape index (κ2) is 10.8. The van der Waals surface area contributed by atoms with Crippen LogP contribution >= 0.6 is 11.3 Å².